The van der Waals surface area contributed by atoms with E-state index < -0.39 is 0 Å². The van der Waals surface area contributed by atoms with Crippen LogP contribution in [0.5, 0.6) is 11.5 Å². The molecule has 3 N–H and O–H groups in total. The Morgan fingerprint density at radius 3 is 2.47 bits per heavy atom. The molecule has 0 aromatic heterocycles. The number of benzene rings is 1. The van der Waals surface area contributed by atoms with Crippen molar-refractivity contribution in [2.24, 2.45) is 5.41 Å². The molecule has 19 heavy (non-hydrogen) atoms. The molecule has 0 heterocycles. The summed E-state index contributed by atoms with van der Waals surface area (Å²) in [4.78, 5) is 0. The zero-order valence-electron chi connectivity index (χ0n) is 11.6. The minimum Gasteiger partial charge on any atom is -0.507 e. The molecular weight excluding hydrogens is 242 g/mol. The van der Waals surface area contributed by atoms with E-state index in [1.54, 1.807) is 25.3 Å². The maximum absolute atomic E-state index is 9.83. The molecule has 0 aliphatic heterocycles. The lowest BCUT2D eigenvalue weighted by Crippen LogP contribution is -2.27. The molecule has 1 aliphatic carbocycles. The number of hydrogen-bond donors (Lipinski definition) is 3. The van der Waals surface area contributed by atoms with Crippen LogP contribution in [0.25, 0.3) is 0 Å². The molecule has 1 unspecified atom stereocenters. The van der Waals surface area contributed by atoms with Crippen LogP contribution in [0.3, 0.4) is 0 Å². The molecule has 0 bridgehead atoms. The number of methoxy groups -OCH3 is 1. The maximum Gasteiger partial charge on any atom is 0.124 e. The Bertz CT molecular complexity index is 409. The van der Waals surface area contributed by atoms with Gasteiger partial charge in [-0.15, -0.1) is 0 Å². The Labute approximate surface area is 114 Å². The standard InChI is InChI=1S/C15H23NO3/c1-11(14-12(17)4-3-5-13(14)18)16-10-15(6-7-15)8-9-19-2/h3-5,11,16-18H,6-10H2,1-2H3. The van der Waals surface area contributed by atoms with Gasteiger partial charge in [0.15, 0.2) is 0 Å². The van der Waals surface area contributed by atoms with Gasteiger partial charge in [-0.05, 0) is 43.7 Å². The Morgan fingerprint density at radius 2 is 1.95 bits per heavy atom. The van der Waals surface area contributed by atoms with Crippen molar-refractivity contribution in [3.63, 3.8) is 0 Å². The lowest BCUT2D eigenvalue weighted by atomic mass is 10.0. The van der Waals surface area contributed by atoms with E-state index in [9.17, 15) is 10.2 Å². The normalized spacial score (nSPS) is 18.2. The molecule has 1 aromatic rings. The van der Waals surface area contributed by atoms with E-state index in [0.29, 0.717) is 11.0 Å². The molecule has 0 saturated heterocycles. The van der Waals surface area contributed by atoms with Gasteiger partial charge in [-0.3, -0.25) is 0 Å². The Hall–Kier alpha value is -1.26. The highest BCUT2D eigenvalue weighted by atomic mass is 16.5. The first kappa shape index (κ1) is 14.2. The molecule has 1 aromatic carbocycles. The second kappa shape index (κ2) is 5.80. The number of phenols is 2. The van der Waals surface area contributed by atoms with Gasteiger partial charge in [0.05, 0.1) is 5.56 Å². The number of nitrogens with one attached hydrogen (secondary N) is 1. The lowest BCUT2D eigenvalue weighted by molar-refractivity contribution is 0.170. The monoisotopic (exact) mass is 265 g/mol. The molecule has 1 fully saturated rings. The number of ether oxygens (including phenoxy) is 1. The van der Waals surface area contributed by atoms with Gasteiger partial charge >= 0.3 is 0 Å². The topological polar surface area (TPSA) is 61.7 Å². The summed E-state index contributed by atoms with van der Waals surface area (Å²) in [6.07, 6.45) is 3.52. The zero-order valence-corrected chi connectivity index (χ0v) is 11.6. The predicted octanol–water partition coefficient (Wildman–Crippen LogP) is 2.57. The first-order chi connectivity index (χ1) is 9.08. The summed E-state index contributed by atoms with van der Waals surface area (Å²) in [6, 6.07) is 4.78. The smallest absolute Gasteiger partial charge is 0.124 e. The van der Waals surface area contributed by atoms with Crippen molar-refractivity contribution in [2.45, 2.75) is 32.2 Å². The van der Waals surface area contributed by atoms with Gasteiger partial charge in [0.25, 0.3) is 0 Å². The molecule has 2 rings (SSSR count). The highest BCUT2D eigenvalue weighted by Crippen LogP contribution is 2.48. The van der Waals surface area contributed by atoms with Crippen molar-refractivity contribution in [3.05, 3.63) is 23.8 Å². The largest absolute Gasteiger partial charge is 0.507 e. The molecule has 4 heteroatoms. The number of phenolic OH excluding ortho intramolecular Hbond substituents is 2. The summed E-state index contributed by atoms with van der Waals surface area (Å²) >= 11 is 0. The second-order valence-corrected chi connectivity index (χ2v) is 5.56. The Balaban J connectivity index is 1.93. The molecule has 0 amide bonds. The second-order valence-electron chi connectivity index (χ2n) is 5.56. The van der Waals surface area contributed by atoms with Crippen molar-refractivity contribution in [1.29, 1.82) is 0 Å². The van der Waals surface area contributed by atoms with Crippen molar-refractivity contribution < 1.29 is 14.9 Å². The summed E-state index contributed by atoms with van der Waals surface area (Å²) in [7, 11) is 1.73. The average molecular weight is 265 g/mol. The summed E-state index contributed by atoms with van der Waals surface area (Å²) < 4.78 is 5.14. The maximum atomic E-state index is 9.83. The van der Waals surface area contributed by atoms with Crippen LogP contribution in [-0.2, 0) is 4.74 Å². The third kappa shape index (κ3) is 3.39. The highest BCUT2D eigenvalue weighted by molar-refractivity contribution is 5.44. The minimum atomic E-state index is -0.0683. The third-order valence-corrected chi connectivity index (χ3v) is 4.07. The van der Waals surface area contributed by atoms with Crippen molar-refractivity contribution in [1.82, 2.24) is 5.32 Å². The SMILES string of the molecule is COCCC1(CNC(C)c2c(O)cccc2O)CC1. The first-order valence-electron chi connectivity index (χ1n) is 6.81. The molecule has 0 spiro atoms. The average Bonchev–Trinajstić information content (AvgIpc) is 3.14. The van der Waals surface area contributed by atoms with Crippen molar-refractivity contribution in [2.75, 3.05) is 20.3 Å². The van der Waals surface area contributed by atoms with Crippen molar-refractivity contribution >= 4 is 0 Å². The summed E-state index contributed by atoms with van der Waals surface area (Å²) in [5, 5.41) is 23.1. The molecule has 4 nitrogen and oxygen atoms in total. The van der Waals surface area contributed by atoms with Crippen LogP contribution >= 0.6 is 0 Å². The molecule has 0 radical (unpaired) electrons. The van der Waals surface area contributed by atoms with Crippen LogP contribution in [0.1, 0.15) is 37.8 Å². The summed E-state index contributed by atoms with van der Waals surface area (Å²) in [5.41, 5.74) is 0.926. The van der Waals surface area contributed by atoms with Gasteiger partial charge < -0.3 is 20.3 Å². The van der Waals surface area contributed by atoms with E-state index in [2.05, 4.69) is 5.32 Å². The van der Waals surface area contributed by atoms with Gasteiger partial charge in [-0.2, -0.15) is 0 Å². The fraction of sp³-hybridized carbons (Fsp3) is 0.600. The van der Waals surface area contributed by atoms with E-state index >= 15 is 0 Å². The highest BCUT2D eigenvalue weighted by Gasteiger charge is 2.41. The van der Waals surface area contributed by atoms with Crippen LogP contribution < -0.4 is 5.32 Å². The third-order valence-electron chi connectivity index (χ3n) is 4.07. The predicted molar refractivity (Wildman–Crippen MR) is 74.3 cm³/mol. The van der Waals surface area contributed by atoms with E-state index in [-0.39, 0.29) is 17.5 Å². The van der Waals surface area contributed by atoms with Crippen LogP contribution in [0.2, 0.25) is 0 Å². The van der Waals surface area contributed by atoms with Gasteiger partial charge in [0.1, 0.15) is 11.5 Å². The molecule has 1 aliphatic rings. The van der Waals surface area contributed by atoms with Gasteiger partial charge in [-0.25, -0.2) is 0 Å². The Morgan fingerprint density at radius 1 is 1.32 bits per heavy atom. The fourth-order valence-corrected chi connectivity index (χ4v) is 2.47. The van der Waals surface area contributed by atoms with Crippen LogP contribution in [0.4, 0.5) is 0 Å². The zero-order chi connectivity index (χ0) is 13.9. The minimum absolute atomic E-state index is 0.0683. The van der Waals surface area contributed by atoms with Gasteiger partial charge in [0.2, 0.25) is 0 Å². The quantitative estimate of drug-likeness (QED) is 0.709. The van der Waals surface area contributed by atoms with Crippen LogP contribution in [0.15, 0.2) is 18.2 Å². The van der Waals surface area contributed by atoms with E-state index in [4.69, 9.17) is 4.74 Å². The van der Waals surface area contributed by atoms with Crippen LogP contribution in [-0.4, -0.2) is 30.5 Å². The lowest BCUT2D eigenvalue weighted by Gasteiger charge is -2.21. The molecule has 1 atom stereocenters. The van der Waals surface area contributed by atoms with E-state index in [1.807, 2.05) is 6.92 Å². The number of hydrogen-bond acceptors (Lipinski definition) is 4. The molecule has 106 valence electrons. The summed E-state index contributed by atoms with van der Waals surface area (Å²) in [5.74, 6) is 0.281. The van der Waals surface area contributed by atoms with E-state index in [1.165, 1.54) is 12.8 Å². The van der Waals surface area contributed by atoms with E-state index in [0.717, 1.165) is 19.6 Å². The number of aromatic hydroxyl groups is 2. The number of rotatable bonds is 7. The van der Waals surface area contributed by atoms with Crippen molar-refractivity contribution in [3.8, 4) is 11.5 Å². The Kier molecular flexibility index (Phi) is 4.32. The first-order valence-corrected chi connectivity index (χ1v) is 6.81. The van der Waals surface area contributed by atoms with Crippen LogP contribution in [0, 0.1) is 5.41 Å². The van der Waals surface area contributed by atoms with Gasteiger partial charge in [0, 0.05) is 26.3 Å². The molecule has 1 saturated carbocycles. The summed E-state index contributed by atoms with van der Waals surface area (Å²) in [6.45, 7) is 3.64. The molecular formula is C15H23NO3. The fourth-order valence-electron chi connectivity index (χ4n) is 2.47. The van der Waals surface area contributed by atoms with Gasteiger partial charge in [-0.1, -0.05) is 6.07 Å².